The van der Waals surface area contributed by atoms with Crippen LogP contribution in [0, 0.1) is 17.8 Å². The summed E-state index contributed by atoms with van der Waals surface area (Å²) in [5, 5.41) is 19.1. The van der Waals surface area contributed by atoms with E-state index in [2.05, 4.69) is 16.0 Å². The molecule has 1 heterocycles. The number of methoxy groups -OCH3 is 2. The second-order valence-electron chi connectivity index (χ2n) is 13.4. The zero-order chi connectivity index (χ0) is 36.0. The van der Waals surface area contributed by atoms with E-state index in [0.717, 1.165) is 19.3 Å². The topological polar surface area (TPSA) is 150 Å². The van der Waals surface area contributed by atoms with Gasteiger partial charge in [-0.25, -0.2) is 0 Å². The molecule has 48 heavy (non-hydrogen) atoms. The highest BCUT2D eigenvalue weighted by Gasteiger charge is 2.41. The van der Waals surface area contributed by atoms with E-state index in [-0.39, 0.29) is 61.0 Å². The number of benzene rings is 1. The average Bonchev–Trinajstić information content (AvgIpc) is 3.09. The number of hydrogen-bond acceptors (Lipinski definition) is 8. The number of carbonyl (C=O) groups excluding carboxylic acids is 4. The Bertz CT molecular complexity index is 1150. The number of carbonyl (C=O) groups is 4. The first kappa shape index (κ1) is 41.1. The lowest BCUT2D eigenvalue weighted by Crippen LogP contribution is -2.57. The SMILES string of the molecule is CCC(C)C(C(CC(=O)N1CCCCC1C(OC)C(C)C(=O)NCC(O)c1ccccc1)OC)N(C)C(=O)CNC(=O)C(NC)C(C)C. The molecule has 0 aliphatic carbocycles. The van der Waals surface area contributed by atoms with Crippen LogP contribution in [0.25, 0.3) is 0 Å². The molecule has 0 radical (unpaired) electrons. The number of hydrogen-bond donors (Lipinski definition) is 4. The number of aliphatic hydroxyl groups excluding tert-OH is 1. The van der Waals surface area contributed by atoms with Crippen LogP contribution in [0.1, 0.15) is 78.4 Å². The largest absolute Gasteiger partial charge is 0.387 e. The van der Waals surface area contributed by atoms with Crippen LogP contribution >= 0.6 is 0 Å². The van der Waals surface area contributed by atoms with Gasteiger partial charge in [0.1, 0.15) is 0 Å². The predicted octanol–water partition coefficient (Wildman–Crippen LogP) is 2.51. The van der Waals surface area contributed by atoms with E-state index >= 15 is 0 Å². The van der Waals surface area contributed by atoms with Crippen molar-refractivity contribution in [3.63, 3.8) is 0 Å². The summed E-state index contributed by atoms with van der Waals surface area (Å²) in [6.07, 6.45) is 1.21. The number of ether oxygens (including phenoxy) is 2. The highest BCUT2D eigenvalue weighted by Crippen LogP contribution is 2.29. The molecule has 0 aromatic heterocycles. The van der Waals surface area contributed by atoms with Gasteiger partial charge in [0.25, 0.3) is 0 Å². The van der Waals surface area contributed by atoms with Crippen molar-refractivity contribution in [1.82, 2.24) is 25.8 Å². The Morgan fingerprint density at radius 1 is 1.00 bits per heavy atom. The van der Waals surface area contributed by atoms with Gasteiger partial charge in [-0.1, -0.05) is 71.4 Å². The molecule has 1 aliphatic rings. The molecule has 1 fully saturated rings. The van der Waals surface area contributed by atoms with E-state index < -0.39 is 36.3 Å². The zero-order valence-electron chi connectivity index (χ0n) is 30.5. The van der Waals surface area contributed by atoms with E-state index in [1.165, 1.54) is 0 Å². The van der Waals surface area contributed by atoms with Gasteiger partial charge in [-0.15, -0.1) is 0 Å². The molecule has 12 nitrogen and oxygen atoms in total. The maximum absolute atomic E-state index is 14.0. The van der Waals surface area contributed by atoms with Crippen LogP contribution in [-0.2, 0) is 28.7 Å². The molecule has 4 amide bonds. The van der Waals surface area contributed by atoms with Crippen molar-refractivity contribution in [3.05, 3.63) is 35.9 Å². The van der Waals surface area contributed by atoms with Gasteiger partial charge < -0.3 is 40.3 Å². The summed E-state index contributed by atoms with van der Waals surface area (Å²) in [6, 6.07) is 7.99. The monoisotopic (exact) mass is 675 g/mol. The third-order valence-corrected chi connectivity index (χ3v) is 9.88. The van der Waals surface area contributed by atoms with Gasteiger partial charge in [-0.3, -0.25) is 19.2 Å². The fourth-order valence-electron chi connectivity index (χ4n) is 6.81. The first-order valence-electron chi connectivity index (χ1n) is 17.4. The van der Waals surface area contributed by atoms with Gasteiger partial charge in [-0.2, -0.15) is 0 Å². The van der Waals surface area contributed by atoms with Gasteiger partial charge >= 0.3 is 0 Å². The van der Waals surface area contributed by atoms with Crippen LogP contribution in [0.4, 0.5) is 0 Å². The van der Waals surface area contributed by atoms with Crippen LogP contribution in [-0.4, -0.2) is 117 Å². The summed E-state index contributed by atoms with van der Waals surface area (Å²) in [5.41, 5.74) is 0.715. The normalized spacial score (nSPS) is 19.4. The Kier molecular flexibility index (Phi) is 17.5. The maximum Gasteiger partial charge on any atom is 0.242 e. The smallest absolute Gasteiger partial charge is 0.242 e. The van der Waals surface area contributed by atoms with E-state index in [1.807, 2.05) is 62.9 Å². The number of amides is 4. The number of nitrogens with one attached hydrogen (secondary N) is 3. The lowest BCUT2D eigenvalue weighted by atomic mass is 9.87. The number of rotatable bonds is 19. The second kappa shape index (κ2) is 20.5. The fraction of sp³-hybridized carbons (Fsp3) is 0.722. The summed E-state index contributed by atoms with van der Waals surface area (Å²) in [6.45, 7) is 10.1. The number of piperidine rings is 1. The minimum Gasteiger partial charge on any atom is -0.387 e. The van der Waals surface area contributed by atoms with Crippen LogP contribution < -0.4 is 16.0 Å². The van der Waals surface area contributed by atoms with Gasteiger partial charge in [0, 0.05) is 34.4 Å². The van der Waals surface area contributed by atoms with Crippen LogP contribution in [0.3, 0.4) is 0 Å². The summed E-state index contributed by atoms with van der Waals surface area (Å²) >= 11 is 0. The number of nitrogens with zero attached hydrogens (tertiary/aromatic N) is 2. The average molecular weight is 676 g/mol. The summed E-state index contributed by atoms with van der Waals surface area (Å²) in [5.74, 6) is -1.42. The zero-order valence-corrected chi connectivity index (χ0v) is 30.5. The molecule has 1 aliphatic heterocycles. The number of aliphatic hydroxyl groups is 1. The summed E-state index contributed by atoms with van der Waals surface area (Å²) in [4.78, 5) is 56.7. The Hall–Kier alpha value is -3.06. The third-order valence-electron chi connectivity index (χ3n) is 9.88. The molecule has 0 spiro atoms. The van der Waals surface area contributed by atoms with Gasteiger partial charge in [0.2, 0.25) is 23.6 Å². The van der Waals surface area contributed by atoms with Crippen molar-refractivity contribution in [2.75, 3.05) is 47.9 Å². The molecule has 1 saturated heterocycles. The molecule has 4 N–H and O–H groups in total. The van der Waals surface area contributed by atoms with Crippen LogP contribution in [0.2, 0.25) is 0 Å². The Labute approximate surface area is 287 Å². The maximum atomic E-state index is 14.0. The molecule has 1 aromatic rings. The van der Waals surface area contributed by atoms with Crippen molar-refractivity contribution < 1.29 is 33.8 Å². The van der Waals surface area contributed by atoms with Gasteiger partial charge in [-0.05, 0) is 43.7 Å². The Morgan fingerprint density at radius 3 is 2.23 bits per heavy atom. The fourth-order valence-corrected chi connectivity index (χ4v) is 6.81. The number of likely N-dealkylation sites (N-methyl/N-ethyl adjacent to an activating group) is 2. The summed E-state index contributed by atoms with van der Waals surface area (Å²) < 4.78 is 11.8. The molecule has 12 heteroatoms. The lowest BCUT2D eigenvalue weighted by molar-refractivity contribution is -0.149. The van der Waals surface area contributed by atoms with Crippen molar-refractivity contribution in [3.8, 4) is 0 Å². The standard InChI is InChI=1S/C36H61N5O7/c1-10-24(4)33(40(7)31(44)22-39-36(46)32(37-6)23(2)3)29(47-8)20-30(43)41-19-15-14-18-27(41)34(48-9)25(5)35(45)38-21-28(42)26-16-12-11-13-17-26/h11-13,16-17,23-25,27-29,32-34,37,42H,10,14-15,18-22H2,1-9H3,(H,38,45)(H,39,46). The van der Waals surface area contributed by atoms with Crippen LogP contribution in [0.5, 0.6) is 0 Å². The van der Waals surface area contributed by atoms with E-state index in [9.17, 15) is 24.3 Å². The second-order valence-corrected chi connectivity index (χ2v) is 13.4. The number of likely N-dealkylation sites (tertiary alicyclic amines) is 1. The van der Waals surface area contributed by atoms with E-state index in [0.29, 0.717) is 18.5 Å². The molecule has 0 bridgehead atoms. The van der Waals surface area contributed by atoms with Crippen molar-refractivity contribution in [1.29, 1.82) is 0 Å². The minimum atomic E-state index is -0.841. The van der Waals surface area contributed by atoms with Crippen molar-refractivity contribution >= 4 is 23.6 Å². The quantitative estimate of drug-likeness (QED) is 0.175. The molecule has 0 saturated carbocycles. The third kappa shape index (κ3) is 11.2. The molecule has 1 aromatic carbocycles. The lowest BCUT2D eigenvalue weighted by Gasteiger charge is -2.43. The first-order valence-corrected chi connectivity index (χ1v) is 17.4. The van der Waals surface area contributed by atoms with Crippen molar-refractivity contribution in [2.24, 2.45) is 17.8 Å². The van der Waals surface area contributed by atoms with Crippen LogP contribution in [0.15, 0.2) is 30.3 Å². The Morgan fingerprint density at radius 2 is 1.67 bits per heavy atom. The molecule has 272 valence electrons. The molecule has 8 unspecified atom stereocenters. The molecule has 8 atom stereocenters. The van der Waals surface area contributed by atoms with E-state index in [1.54, 1.807) is 40.1 Å². The van der Waals surface area contributed by atoms with Crippen molar-refractivity contribution in [2.45, 2.75) is 103 Å². The molecule has 2 rings (SSSR count). The van der Waals surface area contributed by atoms with Gasteiger partial charge in [0.15, 0.2) is 0 Å². The molecular weight excluding hydrogens is 614 g/mol. The Balaban J connectivity index is 2.15. The minimum absolute atomic E-state index is 0.00644. The summed E-state index contributed by atoms with van der Waals surface area (Å²) in [7, 11) is 6.52. The highest BCUT2D eigenvalue weighted by atomic mass is 16.5. The van der Waals surface area contributed by atoms with E-state index in [4.69, 9.17) is 9.47 Å². The predicted molar refractivity (Wildman–Crippen MR) is 186 cm³/mol. The van der Waals surface area contributed by atoms with Gasteiger partial charge in [0.05, 0.1) is 55.3 Å². The first-order chi connectivity index (χ1) is 22.8. The highest BCUT2D eigenvalue weighted by molar-refractivity contribution is 5.87. The molecular formula is C36H61N5O7.